The van der Waals surface area contributed by atoms with Crippen LogP contribution in [0.1, 0.15) is 65.7 Å². The molecule has 0 aliphatic heterocycles. The highest BCUT2D eigenvalue weighted by Crippen LogP contribution is 2.55. The van der Waals surface area contributed by atoms with Crippen molar-refractivity contribution < 1.29 is 19.7 Å². The molecule has 4 unspecified atom stereocenters. The van der Waals surface area contributed by atoms with E-state index in [9.17, 15) is 9.90 Å². The van der Waals surface area contributed by atoms with Crippen LogP contribution in [-0.2, 0) is 9.53 Å². The van der Waals surface area contributed by atoms with Crippen LogP contribution in [0.4, 0.5) is 0 Å². The number of ether oxygens (including phenoxy) is 1. The minimum atomic E-state index is -0.861. The lowest BCUT2D eigenvalue weighted by atomic mass is 9.94. The Bertz CT molecular complexity index is 410. The number of methoxy groups -OCH3 is 1. The van der Waals surface area contributed by atoms with Gasteiger partial charge in [-0.1, -0.05) is 27.2 Å². The summed E-state index contributed by atoms with van der Waals surface area (Å²) in [7, 11) is 1.83. The molecule has 2 aliphatic rings. The lowest BCUT2D eigenvalue weighted by Crippen LogP contribution is -2.28. The summed E-state index contributed by atoms with van der Waals surface area (Å²) in [5, 5.41) is 19.3. The molecular weight excluding hydrogens is 304 g/mol. The highest BCUT2D eigenvalue weighted by atomic mass is 16.5. The summed E-state index contributed by atoms with van der Waals surface area (Å²) >= 11 is 0. The summed E-state index contributed by atoms with van der Waals surface area (Å²) in [4.78, 5) is 11.1. The molecular formula is C20H36O4. The summed E-state index contributed by atoms with van der Waals surface area (Å²) < 4.78 is 5.67. The Morgan fingerprint density at radius 2 is 1.67 bits per heavy atom. The summed E-state index contributed by atoms with van der Waals surface area (Å²) in [5.41, 5.74) is 0. The number of rotatable bonds is 12. The predicted molar refractivity (Wildman–Crippen MR) is 94.7 cm³/mol. The maximum Gasteiger partial charge on any atom is 0.309 e. The highest BCUT2D eigenvalue weighted by Gasteiger charge is 2.47. The summed E-state index contributed by atoms with van der Waals surface area (Å²) in [6.45, 7) is 6.34. The topological polar surface area (TPSA) is 66.8 Å². The van der Waals surface area contributed by atoms with E-state index in [1.807, 2.05) is 14.0 Å². The SMILES string of the molecule is CC[C@H](C)[C@H](CC1CC1CC1CC1C[C@@H](O)[C@@H](CC)C(=O)O)OC. The van der Waals surface area contributed by atoms with E-state index in [1.165, 1.54) is 32.1 Å². The van der Waals surface area contributed by atoms with Gasteiger partial charge in [-0.05, 0) is 68.1 Å². The van der Waals surface area contributed by atoms with Crippen LogP contribution in [0.3, 0.4) is 0 Å². The average molecular weight is 341 g/mol. The second kappa shape index (κ2) is 8.66. The highest BCUT2D eigenvalue weighted by molar-refractivity contribution is 5.70. The van der Waals surface area contributed by atoms with Crippen LogP contribution in [-0.4, -0.2) is 35.5 Å². The van der Waals surface area contributed by atoms with Crippen molar-refractivity contribution in [1.82, 2.24) is 0 Å². The molecule has 0 aromatic rings. The first-order valence-electron chi connectivity index (χ1n) is 9.84. The van der Waals surface area contributed by atoms with E-state index >= 15 is 0 Å². The van der Waals surface area contributed by atoms with Gasteiger partial charge in [-0.2, -0.15) is 0 Å². The number of carbonyl (C=O) groups is 1. The van der Waals surface area contributed by atoms with Crippen molar-refractivity contribution in [3.63, 3.8) is 0 Å². The van der Waals surface area contributed by atoms with Crippen molar-refractivity contribution in [1.29, 1.82) is 0 Å². The van der Waals surface area contributed by atoms with Crippen LogP contribution < -0.4 is 0 Å². The van der Waals surface area contributed by atoms with Crippen molar-refractivity contribution in [2.45, 2.75) is 77.9 Å². The molecule has 140 valence electrons. The fourth-order valence-electron chi connectivity index (χ4n) is 4.37. The number of carboxylic acid groups (broad SMARTS) is 1. The molecule has 0 heterocycles. The number of aliphatic hydroxyl groups excluding tert-OH is 1. The minimum absolute atomic E-state index is 0.391. The molecule has 2 fully saturated rings. The fraction of sp³-hybridized carbons (Fsp3) is 0.950. The first-order valence-corrected chi connectivity index (χ1v) is 9.84. The van der Waals surface area contributed by atoms with E-state index in [0.717, 1.165) is 11.8 Å². The standard InChI is InChI=1S/C20H36O4/c1-5-12(3)19(24-4)11-16-9-14(16)7-13-8-15(13)10-18(21)17(6-2)20(22)23/h12-19,21H,5-11H2,1-4H3,(H,22,23)/t12-,13?,14?,15?,16?,17+,18+,19-/m0/s1. The van der Waals surface area contributed by atoms with Gasteiger partial charge in [0.2, 0.25) is 0 Å². The molecule has 2 aliphatic carbocycles. The summed E-state index contributed by atoms with van der Waals surface area (Å²) in [6, 6.07) is 0. The average Bonchev–Trinajstić information content (AvgIpc) is 3.44. The third-order valence-electron chi connectivity index (χ3n) is 6.63. The van der Waals surface area contributed by atoms with E-state index in [4.69, 9.17) is 9.84 Å². The molecule has 4 heteroatoms. The first kappa shape index (κ1) is 19.7. The summed E-state index contributed by atoms with van der Waals surface area (Å²) in [5.74, 6) is 2.07. The van der Waals surface area contributed by atoms with Gasteiger partial charge < -0.3 is 14.9 Å². The van der Waals surface area contributed by atoms with E-state index in [2.05, 4.69) is 13.8 Å². The van der Waals surface area contributed by atoms with Gasteiger partial charge in [-0.25, -0.2) is 0 Å². The molecule has 4 nitrogen and oxygen atoms in total. The van der Waals surface area contributed by atoms with Crippen molar-refractivity contribution in [3.05, 3.63) is 0 Å². The second-order valence-electron chi connectivity index (χ2n) is 8.30. The molecule has 8 atom stereocenters. The van der Waals surface area contributed by atoms with Crippen LogP contribution in [0.25, 0.3) is 0 Å². The van der Waals surface area contributed by atoms with Gasteiger partial charge in [-0.15, -0.1) is 0 Å². The lowest BCUT2D eigenvalue weighted by molar-refractivity contribution is -0.146. The van der Waals surface area contributed by atoms with E-state index in [1.54, 1.807) is 0 Å². The second-order valence-corrected chi connectivity index (χ2v) is 8.30. The molecule has 0 spiro atoms. The first-order chi connectivity index (χ1) is 11.4. The van der Waals surface area contributed by atoms with Gasteiger partial charge in [0.15, 0.2) is 0 Å². The zero-order valence-electron chi connectivity index (χ0n) is 15.8. The number of hydrogen-bond donors (Lipinski definition) is 2. The normalized spacial score (nSPS) is 33.5. The van der Waals surface area contributed by atoms with Gasteiger partial charge in [0.05, 0.1) is 18.1 Å². The number of hydrogen-bond acceptors (Lipinski definition) is 3. The minimum Gasteiger partial charge on any atom is -0.481 e. The molecule has 0 aromatic heterocycles. The van der Waals surface area contributed by atoms with Crippen molar-refractivity contribution >= 4 is 5.97 Å². The third-order valence-corrected chi connectivity index (χ3v) is 6.63. The molecule has 2 saturated carbocycles. The Hall–Kier alpha value is -0.610. The molecule has 0 radical (unpaired) electrons. The van der Waals surface area contributed by atoms with E-state index in [0.29, 0.717) is 36.7 Å². The van der Waals surface area contributed by atoms with Gasteiger partial charge in [-0.3, -0.25) is 4.79 Å². The van der Waals surface area contributed by atoms with Gasteiger partial charge in [0, 0.05) is 7.11 Å². The molecule has 0 saturated heterocycles. The van der Waals surface area contributed by atoms with Crippen LogP contribution >= 0.6 is 0 Å². The Kier molecular flexibility index (Phi) is 7.11. The molecule has 2 N–H and O–H groups in total. The van der Waals surface area contributed by atoms with Gasteiger partial charge in [0.25, 0.3) is 0 Å². The quantitative estimate of drug-likeness (QED) is 0.564. The molecule has 24 heavy (non-hydrogen) atoms. The van der Waals surface area contributed by atoms with Crippen LogP contribution in [0.5, 0.6) is 0 Å². The van der Waals surface area contributed by atoms with Gasteiger partial charge >= 0.3 is 5.97 Å². The fourth-order valence-corrected chi connectivity index (χ4v) is 4.37. The Balaban J connectivity index is 1.66. The molecule has 0 bridgehead atoms. The zero-order valence-corrected chi connectivity index (χ0v) is 15.8. The monoisotopic (exact) mass is 340 g/mol. The zero-order chi connectivity index (χ0) is 17.9. The summed E-state index contributed by atoms with van der Waals surface area (Å²) in [6.07, 6.45) is 7.01. The lowest BCUT2D eigenvalue weighted by Gasteiger charge is -2.21. The molecule has 0 aromatic carbocycles. The van der Waals surface area contributed by atoms with E-state index < -0.39 is 18.0 Å². The van der Waals surface area contributed by atoms with Crippen molar-refractivity contribution in [2.24, 2.45) is 35.5 Å². The number of aliphatic carboxylic acids is 1. The van der Waals surface area contributed by atoms with Crippen molar-refractivity contribution in [2.75, 3.05) is 7.11 Å². The van der Waals surface area contributed by atoms with Crippen LogP contribution in [0, 0.1) is 35.5 Å². The maximum absolute atomic E-state index is 11.1. The third kappa shape index (κ3) is 5.19. The number of aliphatic hydroxyl groups is 1. The molecule has 2 rings (SSSR count). The Morgan fingerprint density at radius 3 is 2.12 bits per heavy atom. The van der Waals surface area contributed by atoms with Crippen molar-refractivity contribution in [3.8, 4) is 0 Å². The predicted octanol–water partition coefficient (Wildman–Crippen LogP) is 3.96. The van der Waals surface area contributed by atoms with Crippen LogP contribution in [0.15, 0.2) is 0 Å². The Morgan fingerprint density at radius 1 is 1.08 bits per heavy atom. The number of carboxylic acids is 1. The smallest absolute Gasteiger partial charge is 0.309 e. The van der Waals surface area contributed by atoms with Crippen LogP contribution in [0.2, 0.25) is 0 Å². The molecule has 0 amide bonds. The maximum atomic E-state index is 11.1. The Labute approximate surface area is 147 Å². The van der Waals surface area contributed by atoms with E-state index in [-0.39, 0.29) is 0 Å². The van der Waals surface area contributed by atoms with Gasteiger partial charge in [0.1, 0.15) is 0 Å². The largest absolute Gasteiger partial charge is 0.481 e.